The molecule has 0 unspecified atom stereocenters. The fourth-order valence-corrected chi connectivity index (χ4v) is 12.8. The molecule has 0 aliphatic heterocycles. The van der Waals surface area contributed by atoms with Gasteiger partial charge in [0.2, 0.25) is 0 Å². The second-order valence-electron chi connectivity index (χ2n) is 8.33. The van der Waals surface area contributed by atoms with E-state index >= 15 is 0 Å². The van der Waals surface area contributed by atoms with Crippen molar-refractivity contribution in [2.24, 2.45) is 0 Å². The molecule has 0 amide bonds. The number of benzene rings is 1. The first-order valence-electron chi connectivity index (χ1n) is 9.89. The molecule has 0 nitrogen and oxygen atoms in total. The van der Waals surface area contributed by atoms with Crippen LogP contribution < -0.4 is 0 Å². The first-order chi connectivity index (χ1) is 11.9. The summed E-state index contributed by atoms with van der Waals surface area (Å²) in [5.41, 5.74) is 15.0. The van der Waals surface area contributed by atoms with Gasteiger partial charge in [-0.25, -0.2) is 0 Å². The van der Waals surface area contributed by atoms with Gasteiger partial charge >= 0.3 is 165 Å². The molecule has 0 spiro atoms. The zero-order chi connectivity index (χ0) is 17.9. The summed E-state index contributed by atoms with van der Waals surface area (Å²) in [6.45, 7) is 14.5. The molecule has 0 saturated heterocycles. The van der Waals surface area contributed by atoms with Crippen LogP contribution in [0.5, 0.6) is 0 Å². The average Bonchev–Trinajstić information content (AvgIpc) is 3.24. The molecule has 0 bridgehead atoms. The van der Waals surface area contributed by atoms with Gasteiger partial charge in [-0.05, 0) is 0 Å². The van der Waals surface area contributed by atoms with Crippen LogP contribution in [-0.4, -0.2) is 0 Å². The van der Waals surface area contributed by atoms with Gasteiger partial charge < -0.3 is 0 Å². The standard InChI is InChI=1S/C14H15.C10H15.Hf/c1-2-10-6-8-12-9-7-11-4-3-5-13(11)14(10)12;1-6-7(2)9(4)10(5)8(6)3;/h7,9H,2-5,8H2,1H3;1-5H3;. The third kappa shape index (κ3) is 2.48. The van der Waals surface area contributed by atoms with Crippen molar-refractivity contribution in [3.8, 4) is 0 Å². The molecule has 3 aliphatic rings. The van der Waals surface area contributed by atoms with Crippen LogP contribution in [0.15, 0.2) is 37.8 Å². The van der Waals surface area contributed by atoms with E-state index in [1.807, 2.05) is 3.33 Å². The Morgan fingerprint density at radius 1 is 0.960 bits per heavy atom. The molecule has 1 aromatic rings. The Balaban J connectivity index is 1.78. The van der Waals surface area contributed by atoms with Crippen LogP contribution in [-0.2, 0) is 42.2 Å². The molecule has 3 aliphatic carbocycles. The Kier molecular flexibility index (Phi) is 4.38. The predicted octanol–water partition coefficient (Wildman–Crippen LogP) is 6.80. The van der Waals surface area contributed by atoms with Gasteiger partial charge in [-0.15, -0.1) is 0 Å². The van der Waals surface area contributed by atoms with Gasteiger partial charge in [0.15, 0.2) is 0 Å². The molecule has 1 heteroatoms. The number of fused-ring (bicyclic) bond motifs is 3. The van der Waals surface area contributed by atoms with Crippen molar-refractivity contribution in [1.82, 2.24) is 0 Å². The van der Waals surface area contributed by atoms with Crippen LogP contribution in [0, 0.1) is 0 Å². The second kappa shape index (κ2) is 6.19. The third-order valence-corrected chi connectivity index (χ3v) is 14.6. The Labute approximate surface area is 164 Å². The molecule has 0 aromatic heterocycles. The van der Waals surface area contributed by atoms with Crippen LogP contribution in [0.1, 0.15) is 76.6 Å². The maximum absolute atomic E-state index is 2.56. The van der Waals surface area contributed by atoms with Crippen molar-refractivity contribution >= 4 is 5.57 Å². The summed E-state index contributed by atoms with van der Waals surface area (Å²) in [5.74, 6) is 0. The second-order valence-corrected chi connectivity index (χ2v) is 15.0. The Morgan fingerprint density at radius 3 is 2.24 bits per heavy atom. The Hall–Kier alpha value is -0.690. The number of hydrogen-bond donors (Lipinski definition) is 0. The quantitative estimate of drug-likeness (QED) is 0.404. The van der Waals surface area contributed by atoms with Crippen LogP contribution in [0.25, 0.3) is 5.57 Å². The van der Waals surface area contributed by atoms with E-state index in [1.165, 1.54) is 32.1 Å². The molecule has 130 valence electrons. The molecule has 0 heterocycles. The van der Waals surface area contributed by atoms with Crippen molar-refractivity contribution in [1.29, 1.82) is 0 Å². The monoisotopic (exact) mass is 498 g/mol. The Morgan fingerprint density at radius 2 is 1.60 bits per heavy atom. The number of aryl methyl sites for hydroxylation is 1. The summed E-state index contributed by atoms with van der Waals surface area (Å²) in [6, 6.07) is 4.90. The van der Waals surface area contributed by atoms with E-state index in [2.05, 4.69) is 53.7 Å². The maximum atomic E-state index is 2.56. The van der Waals surface area contributed by atoms with Crippen LogP contribution in [0.2, 0.25) is 3.17 Å². The zero-order valence-corrected chi connectivity index (χ0v) is 20.3. The molecule has 0 saturated carbocycles. The van der Waals surface area contributed by atoms with E-state index in [4.69, 9.17) is 0 Å². The van der Waals surface area contributed by atoms with Gasteiger partial charge in [-0.1, -0.05) is 0 Å². The van der Waals surface area contributed by atoms with E-state index in [1.54, 1.807) is 50.1 Å². The first-order valence-corrected chi connectivity index (χ1v) is 13.5. The predicted molar refractivity (Wildman–Crippen MR) is 104 cm³/mol. The molecule has 0 atom stereocenters. The fourth-order valence-electron chi connectivity index (χ4n) is 5.28. The number of allylic oxidation sites excluding steroid dienone is 6. The molecular formula is C24H30Hf. The Bertz CT molecular complexity index is 836. The molecular weight excluding hydrogens is 467 g/mol. The molecule has 1 aromatic carbocycles. The van der Waals surface area contributed by atoms with E-state index in [-0.39, 0.29) is 0 Å². The van der Waals surface area contributed by atoms with Gasteiger partial charge in [0.05, 0.1) is 0 Å². The summed E-state index contributed by atoms with van der Waals surface area (Å²) in [6.07, 6.45) is 6.47. The SMILES string of the molecule is CCC1=[C]([Hf][C]2(C)C(C)=C(C)C(C)=C2C)Cc2ccc3c(c21)CCC3. The third-order valence-electron chi connectivity index (χ3n) is 7.34. The fraction of sp³-hybridized carbons (Fsp3) is 0.500. The van der Waals surface area contributed by atoms with E-state index in [9.17, 15) is 0 Å². The molecule has 0 N–H and O–H groups in total. The van der Waals surface area contributed by atoms with Crippen molar-refractivity contribution < 1.29 is 22.9 Å². The summed E-state index contributed by atoms with van der Waals surface area (Å²) in [7, 11) is 0. The normalized spacial score (nSPS) is 21.4. The van der Waals surface area contributed by atoms with Crippen LogP contribution in [0.3, 0.4) is 0 Å². The zero-order valence-electron chi connectivity index (χ0n) is 16.7. The summed E-state index contributed by atoms with van der Waals surface area (Å²) >= 11 is -0.991. The summed E-state index contributed by atoms with van der Waals surface area (Å²) in [5, 5.41) is 0. The van der Waals surface area contributed by atoms with Crippen molar-refractivity contribution in [2.45, 2.75) is 76.8 Å². The van der Waals surface area contributed by atoms with Crippen LogP contribution >= 0.6 is 0 Å². The molecule has 4 rings (SSSR count). The van der Waals surface area contributed by atoms with E-state index in [0.717, 1.165) is 0 Å². The molecule has 0 fully saturated rings. The first kappa shape index (κ1) is 17.7. The minimum atomic E-state index is -0.991. The van der Waals surface area contributed by atoms with E-state index < -0.39 is 22.9 Å². The van der Waals surface area contributed by atoms with Gasteiger partial charge in [0, 0.05) is 0 Å². The number of hydrogen-bond acceptors (Lipinski definition) is 0. The molecule has 25 heavy (non-hydrogen) atoms. The van der Waals surface area contributed by atoms with Gasteiger partial charge in [0.1, 0.15) is 0 Å². The van der Waals surface area contributed by atoms with Crippen molar-refractivity contribution in [3.63, 3.8) is 0 Å². The van der Waals surface area contributed by atoms with E-state index in [0.29, 0.717) is 3.17 Å². The van der Waals surface area contributed by atoms with Crippen molar-refractivity contribution in [2.75, 3.05) is 0 Å². The summed E-state index contributed by atoms with van der Waals surface area (Å²) in [4.78, 5) is 0. The number of rotatable bonds is 3. The van der Waals surface area contributed by atoms with Crippen LogP contribution in [0.4, 0.5) is 0 Å². The average molecular weight is 497 g/mol. The topological polar surface area (TPSA) is 0 Å². The van der Waals surface area contributed by atoms with Gasteiger partial charge in [-0.2, -0.15) is 0 Å². The minimum absolute atomic E-state index is 0.412. The van der Waals surface area contributed by atoms with Gasteiger partial charge in [-0.3, -0.25) is 0 Å². The molecule has 0 radical (unpaired) electrons. The van der Waals surface area contributed by atoms with Crippen molar-refractivity contribution in [3.05, 3.63) is 60.0 Å². The summed E-state index contributed by atoms with van der Waals surface area (Å²) < 4.78 is 2.32. The van der Waals surface area contributed by atoms with Gasteiger partial charge in [0.25, 0.3) is 0 Å².